The van der Waals surface area contributed by atoms with Gasteiger partial charge in [0.05, 0.1) is 6.10 Å². The van der Waals surface area contributed by atoms with Crippen molar-refractivity contribution in [3.63, 3.8) is 0 Å². The molecular formula is C21H23FO5. The fraction of sp³-hybridized carbons (Fsp3) is 0.571. The lowest BCUT2D eigenvalue weighted by molar-refractivity contribution is -0.186. The third-order valence-corrected chi connectivity index (χ3v) is 7.66. The van der Waals surface area contributed by atoms with Crippen LogP contribution in [0.25, 0.3) is 0 Å². The second kappa shape index (κ2) is 5.47. The molecular weight excluding hydrogens is 351 g/mol. The fourth-order valence-corrected chi connectivity index (χ4v) is 6.25. The third-order valence-electron chi connectivity index (χ3n) is 7.66. The van der Waals surface area contributed by atoms with E-state index in [1.807, 2.05) is 0 Å². The predicted octanol–water partition coefficient (Wildman–Crippen LogP) is 2.55. The van der Waals surface area contributed by atoms with Crippen molar-refractivity contribution in [2.45, 2.75) is 51.3 Å². The Balaban J connectivity index is 1.78. The third kappa shape index (κ3) is 2.10. The number of fused-ring (bicyclic) bond motifs is 5. The Morgan fingerprint density at radius 3 is 2.63 bits per heavy atom. The monoisotopic (exact) mass is 374 g/mol. The number of aliphatic hydroxyl groups excluding tert-OH is 1. The van der Waals surface area contributed by atoms with Gasteiger partial charge in [-0.05, 0) is 50.7 Å². The number of allylic oxidation sites excluding steroid dienone is 5. The molecule has 5 nitrogen and oxygen atoms in total. The van der Waals surface area contributed by atoms with Crippen LogP contribution < -0.4 is 0 Å². The summed E-state index contributed by atoms with van der Waals surface area (Å²) in [6.45, 7) is 3.50. The van der Waals surface area contributed by atoms with Gasteiger partial charge >= 0.3 is 5.97 Å². The fourth-order valence-electron chi connectivity index (χ4n) is 6.25. The van der Waals surface area contributed by atoms with Crippen LogP contribution in [0.4, 0.5) is 4.39 Å². The SMILES string of the molecule is C[C@]12C=CC(=O)C=C1CC[C@H]1[C@@H]3CC=C(C(=O)C(=O)O)[C@@]3(C)C[C@H](O)[C@@]12F. The Hall–Kier alpha value is -2.08. The summed E-state index contributed by atoms with van der Waals surface area (Å²) in [5.74, 6) is -3.44. The molecule has 2 saturated carbocycles. The zero-order chi connectivity index (χ0) is 19.8. The molecule has 6 heteroatoms. The Bertz CT molecular complexity index is 855. The number of rotatable bonds is 2. The molecule has 0 saturated heterocycles. The van der Waals surface area contributed by atoms with Gasteiger partial charge in [0.15, 0.2) is 11.5 Å². The zero-order valence-electron chi connectivity index (χ0n) is 15.4. The molecule has 0 bridgehead atoms. The van der Waals surface area contributed by atoms with Gasteiger partial charge in [0.2, 0.25) is 0 Å². The average molecular weight is 374 g/mol. The second-order valence-electron chi connectivity index (χ2n) is 8.75. The van der Waals surface area contributed by atoms with Gasteiger partial charge in [-0.3, -0.25) is 9.59 Å². The molecule has 4 aliphatic carbocycles. The van der Waals surface area contributed by atoms with Gasteiger partial charge in [-0.15, -0.1) is 0 Å². The molecule has 2 fully saturated rings. The molecule has 0 heterocycles. The molecule has 6 atom stereocenters. The number of ketones is 2. The first-order valence-corrected chi connectivity index (χ1v) is 9.35. The van der Waals surface area contributed by atoms with Crippen molar-refractivity contribution in [2.24, 2.45) is 22.7 Å². The molecule has 4 rings (SSSR count). The number of alkyl halides is 1. The van der Waals surface area contributed by atoms with E-state index < -0.39 is 40.3 Å². The normalized spacial score (nSPS) is 45.3. The molecule has 0 radical (unpaired) electrons. The first-order valence-electron chi connectivity index (χ1n) is 9.35. The highest BCUT2D eigenvalue weighted by molar-refractivity contribution is 6.40. The minimum absolute atomic E-state index is 0.0137. The molecule has 0 aliphatic heterocycles. The van der Waals surface area contributed by atoms with E-state index in [1.54, 1.807) is 26.0 Å². The number of hydrogen-bond acceptors (Lipinski definition) is 4. The lowest BCUT2D eigenvalue weighted by atomic mass is 9.45. The van der Waals surface area contributed by atoms with Gasteiger partial charge in [-0.2, -0.15) is 0 Å². The smallest absolute Gasteiger partial charge is 0.376 e. The summed E-state index contributed by atoms with van der Waals surface area (Å²) in [5.41, 5.74) is -3.02. The zero-order valence-corrected chi connectivity index (χ0v) is 15.4. The van der Waals surface area contributed by atoms with Gasteiger partial charge in [0.1, 0.15) is 0 Å². The number of Topliss-reactive ketones (excluding diaryl/α,β-unsaturated/α-hetero) is 1. The summed E-state index contributed by atoms with van der Waals surface area (Å²) in [6, 6.07) is 0. The highest BCUT2D eigenvalue weighted by Crippen LogP contribution is 2.67. The van der Waals surface area contributed by atoms with Crippen molar-refractivity contribution >= 4 is 17.5 Å². The number of carbonyl (C=O) groups is 3. The van der Waals surface area contributed by atoms with Crippen LogP contribution in [0.15, 0.2) is 35.5 Å². The second-order valence-corrected chi connectivity index (χ2v) is 8.75. The Morgan fingerprint density at radius 2 is 1.96 bits per heavy atom. The van der Waals surface area contributed by atoms with E-state index in [1.165, 1.54) is 12.2 Å². The standard InChI is InChI=1S/C21H23FO5/c1-19-10-16(24)21(22)14(13(19)5-6-15(19)17(25)18(26)27)4-3-11-9-12(23)7-8-20(11,21)2/h6-9,13-14,16,24H,3-5,10H2,1-2H3,(H,26,27)/t13-,14-,16-,19-,20-,21-/m0/s1. The maximum absolute atomic E-state index is 16.7. The predicted molar refractivity (Wildman–Crippen MR) is 94.5 cm³/mol. The molecule has 0 unspecified atom stereocenters. The molecule has 4 aliphatic rings. The van der Waals surface area contributed by atoms with Crippen LogP contribution in [0.1, 0.15) is 39.5 Å². The maximum Gasteiger partial charge on any atom is 0.376 e. The minimum Gasteiger partial charge on any atom is -0.475 e. The van der Waals surface area contributed by atoms with Crippen LogP contribution in [0.3, 0.4) is 0 Å². The van der Waals surface area contributed by atoms with Crippen molar-refractivity contribution < 1.29 is 29.0 Å². The van der Waals surface area contributed by atoms with Crippen LogP contribution in [-0.4, -0.2) is 39.5 Å². The van der Waals surface area contributed by atoms with E-state index in [0.717, 1.165) is 0 Å². The van der Waals surface area contributed by atoms with E-state index >= 15 is 4.39 Å². The van der Waals surface area contributed by atoms with E-state index in [9.17, 15) is 19.5 Å². The number of aliphatic hydroxyl groups is 1. The number of hydrogen-bond donors (Lipinski definition) is 2. The first kappa shape index (κ1) is 18.3. The van der Waals surface area contributed by atoms with Gasteiger partial charge in [-0.1, -0.05) is 24.6 Å². The van der Waals surface area contributed by atoms with Crippen molar-refractivity contribution in [3.8, 4) is 0 Å². The summed E-state index contributed by atoms with van der Waals surface area (Å²) in [5, 5.41) is 20.1. The molecule has 0 aromatic heterocycles. The number of carboxylic acids is 1. The number of aliphatic carboxylic acids is 1. The van der Waals surface area contributed by atoms with E-state index in [0.29, 0.717) is 24.8 Å². The van der Waals surface area contributed by atoms with Gasteiger partial charge in [-0.25, -0.2) is 9.18 Å². The number of carboxylic acid groups (broad SMARTS) is 1. The van der Waals surface area contributed by atoms with E-state index in [2.05, 4.69) is 0 Å². The highest BCUT2D eigenvalue weighted by atomic mass is 19.1. The highest BCUT2D eigenvalue weighted by Gasteiger charge is 2.69. The Morgan fingerprint density at radius 1 is 1.26 bits per heavy atom. The minimum atomic E-state index is -1.96. The van der Waals surface area contributed by atoms with Gasteiger partial charge < -0.3 is 10.2 Å². The van der Waals surface area contributed by atoms with Crippen LogP contribution in [0.5, 0.6) is 0 Å². The number of carbonyl (C=O) groups excluding carboxylic acids is 2. The molecule has 2 N–H and O–H groups in total. The number of halogens is 1. The molecule has 0 aromatic rings. The lowest BCUT2D eigenvalue weighted by Gasteiger charge is -2.61. The average Bonchev–Trinajstić information content (AvgIpc) is 2.93. The molecule has 27 heavy (non-hydrogen) atoms. The van der Waals surface area contributed by atoms with Crippen molar-refractivity contribution in [2.75, 3.05) is 0 Å². The van der Waals surface area contributed by atoms with Crippen LogP contribution in [0.2, 0.25) is 0 Å². The molecule has 0 spiro atoms. The topological polar surface area (TPSA) is 91.7 Å². The maximum atomic E-state index is 16.7. The Labute approximate surface area is 156 Å². The molecule has 0 amide bonds. The van der Waals surface area contributed by atoms with Crippen LogP contribution in [0, 0.1) is 22.7 Å². The quantitative estimate of drug-likeness (QED) is 0.725. The summed E-state index contributed by atoms with van der Waals surface area (Å²) in [4.78, 5) is 35.2. The van der Waals surface area contributed by atoms with Gasteiger partial charge in [0, 0.05) is 22.3 Å². The first-order chi connectivity index (χ1) is 12.6. The largest absolute Gasteiger partial charge is 0.475 e. The van der Waals surface area contributed by atoms with Crippen LogP contribution >= 0.6 is 0 Å². The van der Waals surface area contributed by atoms with Crippen LogP contribution in [-0.2, 0) is 14.4 Å². The lowest BCUT2D eigenvalue weighted by Crippen LogP contribution is -2.66. The summed E-state index contributed by atoms with van der Waals surface area (Å²) < 4.78 is 16.7. The summed E-state index contributed by atoms with van der Waals surface area (Å²) in [7, 11) is 0. The summed E-state index contributed by atoms with van der Waals surface area (Å²) in [6.07, 6.45) is 6.08. The molecule has 0 aromatic carbocycles. The molecule has 144 valence electrons. The van der Waals surface area contributed by atoms with E-state index in [-0.39, 0.29) is 23.7 Å². The van der Waals surface area contributed by atoms with Gasteiger partial charge in [0.25, 0.3) is 5.78 Å². The van der Waals surface area contributed by atoms with Crippen molar-refractivity contribution in [3.05, 3.63) is 35.5 Å². The van der Waals surface area contributed by atoms with E-state index in [4.69, 9.17) is 5.11 Å². The van der Waals surface area contributed by atoms with Crippen molar-refractivity contribution in [1.29, 1.82) is 0 Å². The van der Waals surface area contributed by atoms with Crippen molar-refractivity contribution in [1.82, 2.24) is 0 Å². The Kier molecular flexibility index (Phi) is 3.71. The summed E-state index contributed by atoms with van der Waals surface area (Å²) >= 11 is 0.